The fourth-order valence-corrected chi connectivity index (χ4v) is 3.04. The number of nitrogens with zero attached hydrogens (tertiary/aromatic N) is 1. The molecule has 18 heavy (non-hydrogen) atoms. The summed E-state index contributed by atoms with van der Waals surface area (Å²) in [6, 6.07) is 4.32. The predicted octanol–water partition coefficient (Wildman–Crippen LogP) is 2.69. The number of carbonyl (C=O) groups excluding carboxylic acids is 1. The van der Waals surface area contributed by atoms with Crippen molar-refractivity contribution in [3.05, 3.63) is 22.4 Å². The summed E-state index contributed by atoms with van der Waals surface area (Å²) >= 11 is 1.71. The molecule has 1 N–H and O–H groups in total. The molecule has 0 bridgehead atoms. The van der Waals surface area contributed by atoms with Crippen LogP contribution >= 0.6 is 23.7 Å². The molecule has 2 unspecified atom stereocenters. The van der Waals surface area contributed by atoms with Crippen molar-refractivity contribution < 1.29 is 4.79 Å². The summed E-state index contributed by atoms with van der Waals surface area (Å²) in [7, 11) is 1.91. The van der Waals surface area contributed by atoms with E-state index in [1.54, 1.807) is 11.3 Å². The van der Waals surface area contributed by atoms with Crippen molar-refractivity contribution in [3.63, 3.8) is 0 Å². The first-order valence-corrected chi connectivity index (χ1v) is 7.06. The van der Waals surface area contributed by atoms with Crippen LogP contribution in [0.5, 0.6) is 0 Å². The lowest BCUT2D eigenvalue weighted by Gasteiger charge is -2.25. The molecule has 0 spiro atoms. The molecule has 0 radical (unpaired) electrons. The van der Waals surface area contributed by atoms with Gasteiger partial charge >= 0.3 is 0 Å². The average Bonchev–Trinajstić information content (AvgIpc) is 2.99. The van der Waals surface area contributed by atoms with E-state index in [-0.39, 0.29) is 24.4 Å². The Labute approximate surface area is 119 Å². The van der Waals surface area contributed by atoms with E-state index in [1.807, 2.05) is 18.0 Å². The zero-order valence-corrected chi connectivity index (χ0v) is 12.5. The minimum atomic E-state index is 0. The second-order valence-electron chi connectivity index (χ2n) is 4.76. The quantitative estimate of drug-likeness (QED) is 0.924. The van der Waals surface area contributed by atoms with Crippen LogP contribution in [0.3, 0.4) is 0 Å². The molecule has 2 atom stereocenters. The number of thiophene rings is 1. The van der Waals surface area contributed by atoms with Crippen LogP contribution in [-0.2, 0) is 4.79 Å². The second-order valence-corrected chi connectivity index (χ2v) is 5.74. The van der Waals surface area contributed by atoms with E-state index in [1.165, 1.54) is 4.88 Å². The molecule has 0 aliphatic carbocycles. The van der Waals surface area contributed by atoms with E-state index in [0.717, 1.165) is 19.5 Å². The van der Waals surface area contributed by atoms with Gasteiger partial charge in [-0.05, 0) is 43.8 Å². The van der Waals surface area contributed by atoms with Crippen LogP contribution in [0.1, 0.15) is 30.7 Å². The van der Waals surface area contributed by atoms with Crippen molar-refractivity contribution in [3.8, 4) is 0 Å². The van der Waals surface area contributed by atoms with Gasteiger partial charge in [0, 0.05) is 18.3 Å². The number of hydrogen-bond donors (Lipinski definition) is 1. The fourth-order valence-electron chi connectivity index (χ4n) is 2.22. The Morgan fingerprint density at radius 3 is 3.00 bits per heavy atom. The number of rotatable bonds is 4. The number of hydrogen-bond acceptors (Lipinski definition) is 3. The van der Waals surface area contributed by atoms with Gasteiger partial charge < -0.3 is 10.2 Å². The minimum Gasteiger partial charge on any atom is -0.338 e. The molecule has 1 saturated heterocycles. The molecule has 1 amide bonds. The van der Waals surface area contributed by atoms with Gasteiger partial charge in [0.15, 0.2) is 0 Å². The molecule has 1 aliphatic rings. The molecular formula is C13H21ClN2OS. The lowest BCUT2D eigenvalue weighted by Crippen LogP contribution is -2.31. The number of amides is 1. The smallest absolute Gasteiger partial charge is 0.223 e. The Bertz CT molecular complexity index is 363. The Kier molecular flexibility index (Phi) is 6.12. The molecule has 0 saturated carbocycles. The van der Waals surface area contributed by atoms with Crippen molar-refractivity contribution in [1.29, 1.82) is 0 Å². The fraction of sp³-hybridized carbons (Fsp3) is 0.615. The van der Waals surface area contributed by atoms with Gasteiger partial charge in [-0.2, -0.15) is 0 Å². The maximum atomic E-state index is 12.1. The standard InChI is InChI=1S/C13H20N2OS.ClH/c1-10(12-4-3-7-17-12)15(2)13(16)8-11-5-6-14-9-11;/h3-4,7,10-11,14H,5-6,8-9H2,1-2H3;1H. The summed E-state index contributed by atoms with van der Waals surface area (Å²) in [5.74, 6) is 0.792. The largest absolute Gasteiger partial charge is 0.338 e. The number of carbonyl (C=O) groups is 1. The van der Waals surface area contributed by atoms with Gasteiger partial charge in [-0.15, -0.1) is 23.7 Å². The first-order chi connectivity index (χ1) is 8.18. The highest BCUT2D eigenvalue weighted by molar-refractivity contribution is 7.10. The van der Waals surface area contributed by atoms with Gasteiger partial charge in [0.25, 0.3) is 0 Å². The van der Waals surface area contributed by atoms with E-state index in [4.69, 9.17) is 0 Å². The van der Waals surface area contributed by atoms with Crippen LogP contribution in [0.2, 0.25) is 0 Å². The van der Waals surface area contributed by atoms with Crippen LogP contribution < -0.4 is 5.32 Å². The first kappa shape index (κ1) is 15.5. The summed E-state index contributed by atoms with van der Waals surface area (Å²) in [6.45, 7) is 4.14. The Balaban J connectivity index is 0.00000162. The van der Waals surface area contributed by atoms with Crippen molar-refractivity contribution in [2.24, 2.45) is 5.92 Å². The Hall–Kier alpha value is -0.580. The lowest BCUT2D eigenvalue weighted by atomic mass is 10.0. The van der Waals surface area contributed by atoms with Gasteiger partial charge in [0.1, 0.15) is 0 Å². The third kappa shape index (κ3) is 3.70. The molecule has 0 aromatic carbocycles. The van der Waals surface area contributed by atoms with Crippen molar-refractivity contribution in [2.75, 3.05) is 20.1 Å². The molecule has 1 aromatic heterocycles. The molecule has 5 heteroatoms. The Morgan fingerprint density at radius 2 is 2.44 bits per heavy atom. The molecule has 1 aromatic rings. The van der Waals surface area contributed by atoms with Gasteiger partial charge in [0.05, 0.1) is 6.04 Å². The van der Waals surface area contributed by atoms with E-state index >= 15 is 0 Å². The van der Waals surface area contributed by atoms with Crippen LogP contribution in [-0.4, -0.2) is 30.9 Å². The minimum absolute atomic E-state index is 0. The summed E-state index contributed by atoms with van der Waals surface area (Å²) in [5, 5.41) is 5.37. The topological polar surface area (TPSA) is 32.3 Å². The van der Waals surface area contributed by atoms with Crippen LogP contribution in [0.4, 0.5) is 0 Å². The molecule has 3 nitrogen and oxygen atoms in total. The molecular weight excluding hydrogens is 268 g/mol. The van der Waals surface area contributed by atoms with E-state index in [9.17, 15) is 4.79 Å². The average molecular weight is 289 g/mol. The monoisotopic (exact) mass is 288 g/mol. The second kappa shape index (κ2) is 7.12. The molecule has 2 heterocycles. The van der Waals surface area contributed by atoms with Gasteiger partial charge in [-0.3, -0.25) is 4.79 Å². The first-order valence-electron chi connectivity index (χ1n) is 6.18. The van der Waals surface area contributed by atoms with Gasteiger partial charge in [-0.1, -0.05) is 6.07 Å². The Morgan fingerprint density at radius 1 is 1.67 bits per heavy atom. The van der Waals surface area contributed by atoms with Crippen LogP contribution in [0.25, 0.3) is 0 Å². The highest BCUT2D eigenvalue weighted by Gasteiger charge is 2.23. The van der Waals surface area contributed by atoms with Crippen molar-refractivity contribution >= 4 is 29.7 Å². The maximum Gasteiger partial charge on any atom is 0.223 e. The zero-order valence-electron chi connectivity index (χ0n) is 10.9. The molecule has 1 aliphatic heterocycles. The molecule has 2 rings (SSSR count). The van der Waals surface area contributed by atoms with Crippen molar-refractivity contribution in [2.45, 2.75) is 25.8 Å². The lowest BCUT2D eigenvalue weighted by molar-refractivity contribution is -0.132. The normalized spacial score (nSPS) is 20.2. The summed E-state index contributed by atoms with van der Waals surface area (Å²) in [4.78, 5) is 15.3. The van der Waals surface area contributed by atoms with Gasteiger partial charge in [-0.25, -0.2) is 0 Å². The SMILES string of the molecule is CC(c1cccs1)N(C)C(=O)CC1CCNC1.Cl. The zero-order chi connectivity index (χ0) is 12.3. The number of halogens is 1. The third-order valence-electron chi connectivity index (χ3n) is 3.55. The maximum absolute atomic E-state index is 12.1. The summed E-state index contributed by atoms with van der Waals surface area (Å²) in [6.07, 6.45) is 1.81. The number of nitrogens with one attached hydrogen (secondary N) is 1. The summed E-state index contributed by atoms with van der Waals surface area (Å²) < 4.78 is 0. The third-order valence-corrected chi connectivity index (χ3v) is 4.60. The highest BCUT2D eigenvalue weighted by atomic mass is 35.5. The molecule has 102 valence electrons. The molecule has 1 fully saturated rings. The van der Waals surface area contributed by atoms with Gasteiger partial charge in [0.2, 0.25) is 5.91 Å². The van der Waals surface area contributed by atoms with E-state index < -0.39 is 0 Å². The van der Waals surface area contributed by atoms with Crippen molar-refractivity contribution in [1.82, 2.24) is 10.2 Å². The highest BCUT2D eigenvalue weighted by Crippen LogP contribution is 2.25. The van der Waals surface area contributed by atoms with E-state index in [2.05, 4.69) is 23.7 Å². The predicted molar refractivity (Wildman–Crippen MR) is 78.3 cm³/mol. The van der Waals surface area contributed by atoms with E-state index in [0.29, 0.717) is 12.3 Å². The summed E-state index contributed by atoms with van der Waals surface area (Å²) in [5.41, 5.74) is 0. The van der Waals surface area contributed by atoms with Crippen LogP contribution in [0.15, 0.2) is 17.5 Å². The van der Waals surface area contributed by atoms with Crippen LogP contribution in [0, 0.1) is 5.92 Å².